The van der Waals surface area contributed by atoms with E-state index in [1.807, 2.05) is 0 Å². The molecule has 1 aromatic carbocycles. The number of hydrogen-bond donors (Lipinski definition) is 2. The van der Waals surface area contributed by atoms with Gasteiger partial charge in [-0.1, -0.05) is 12.1 Å². The summed E-state index contributed by atoms with van der Waals surface area (Å²) in [5.41, 5.74) is 0.994. The normalized spacial score (nSPS) is 32.7. The third-order valence-corrected chi connectivity index (χ3v) is 4.66. The molecule has 0 aliphatic heterocycles. The Morgan fingerprint density at radius 1 is 1.26 bits per heavy atom. The fourth-order valence-corrected chi connectivity index (χ4v) is 3.78. The van der Waals surface area contributed by atoms with Gasteiger partial charge in [-0.3, -0.25) is 4.79 Å². The zero-order valence-electron chi connectivity index (χ0n) is 10.7. The molecular weight excluding hydrogens is 245 g/mol. The number of nitrogens with one attached hydrogen (secondary N) is 1. The van der Waals surface area contributed by atoms with Crippen molar-refractivity contribution in [2.24, 2.45) is 17.8 Å². The highest BCUT2D eigenvalue weighted by atomic mass is 19.1. The van der Waals surface area contributed by atoms with E-state index in [1.165, 1.54) is 12.1 Å². The van der Waals surface area contributed by atoms with Crippen molar-refractivity contribution in [2.75, 3.05) is 0 Å². The predicted octanol–water partition coefficient (Wildman–Crippen LogP) is 2.41. The first-order valence-electron chi connectivity index (χ1n) is 6.86. The van der Waals surface area contributed by atoms with E-state index in [9.17, 15) is 14.3 Å². The zero-order valence-corrected chi connectivity index (χ0v) is 10.7. The molecular formula is C15H18FNO2. The fraction of sp³-hybridized carbons (Fsp3) is 0.533. The number of carboxylic acids is 1. The van der Waals surface area contributed by atoms with Gasteiger partial charge in [-0.25, -0.2) is 4.39 Å². The van der Waals surface area contributed by atoms with Crippen LogP contribution < -0.4 is 5.32 Å². The quantitative estimate of drug-likeness (QED) is 0.877. The third-order valence-electron chi connectivity index (χ3n) is 4.66. The molecule has 0 aromatic heterocycles. The van der Waals surface area contributed by atoms with Crippen LogP contribution in [0.25, 0.3) is 0 Å². The van der Waals surface area contributed by atoms with Gasteiger partial charge < -0.3 is 10.4 Å². The van der Waals surface area contributed by atoms with Crippen molar-refractivity contribution in [3.63, 3.8) is 0 Å². The van der Waals surface area contributed by atoms with E-state index in [-0.39, 0.29) is 17.8 Å². The minimum Gasteiger partial charge on any atom is -0.481 e. The summed E-state index contributed by atoms with van der Waals surface area (Å²) in [7, 11) is 0. The lowest BCUT2D eigenvalue weighted by atomic mass is 9.84. The molecule has 1 aromatic rings. The first-order chi connectivity index (χ1) is 9.15. The summed E-state index contributed by atoms with van der Waals surface area (Å²) in [6.07, 6.45) is 3.23. The Kier molecular flexibility index (Phi) is 3.27. The second-order valence-electron chi connectivity index (χ2n) is 5.73. The summed E-state index contributed by atoms with van der Waals surface area (Å²) >= 11 is 0. The molecule has 102 valence electrons. The number of hydrogen-bond acceptors (Lipinski definition) is 2. The van der Waals surface area contributed by atoms with Crippen LogP contribution in [0.1, 0.15) is 24.8 Å². The lowest BCUT2D eigenvalue weighted by Gasteiger charge is -2.29. The van der Waals surface area contributed by atoms with Crippen molar-refractivity contribution in [1.82, 2.24) is 5.32 Å². The van der Waals surface area contributed by atoms with E-state index in [2.05, 4.69) is 5.32 Å². The largest absolute Gasteiger partial charge is 0.481 e. The molecule has 0 radical (unpaired) electrons. The maximum Gasteiger partial charge on any atom is 0.308 e. The Hall–Kier alpha value is -1.42. The summed E-state index contributed by atoms with van der Waals surface area (Å²) in [5, 5.41) is 12.7. The minimum absolute atomic E-state index is 0.0707. The van der Waals surface area contributed by atoms with E-state index in [0.717, 1.165) is 24.8 Å². The van der Waals surface area contributed by atoms with Crippen LogP contribution >= 0.6 is 0 Å². The van der Waals surface area contributed by atoms with Gasteiger partial charge in [-0.15, -0.1) is 0 Å². The molecule has 2 bridgehead atoms. The molecule has 4 atom stereocenters. The lowest BCUT2D eigenvalue weighted by Crippen LogP contribution is -2.43. The van der Waals surface area contributed by atoms with Gasteiger partial charge in [0.25, 0.3) is 0 Å². The molecule has 0 amide bonds. The zero-order chi connectivity index (χ0) is 13.4. The maximum absolute atomic E-state index is 12.8. The first kappa shape index (κ1) is 12.6. The Labute approximate surface area is 111 Å². The van der Waals surface area contributed by atoms with Crippen molar-refractivity contribution in [1.29, 1.82) is 0 Å². The number of carboxylic acid groups (broad SMARTS) is 1. The molecule has 0 saturated heterocycles. The van der Waals surface area contributed by atoms with Gasteiger partial charge in [-0.2, -0.15) is 0 Å². The van der Waals surface area contributed by atoms with Gasteiger partial charge in [0.2, 0.25) is 0 Å². The number of aliphatic carboxylic acids is 1. The van der Waals surface area contributed by atoms with Crippen LogP contribution in [0.3, 0.4) is 0 Å². The van der Waals surface area contributed by atoms with Crippen molar-refractivity contribution in [2.45, 2.75) is 31.8 Å². The number of halogens is 1. The summed E-state index contributed by atoms with van der Waals surface area (Å²) in [5.74, 6) is -0.338. The molecule has 2 aliphatic rings. The Morgan fingerprint density at radius 3 is 2.63 bits per heavy atom. The third kappa shape index (κ3) is 2.37. The molecule has 2 N–H and O–H groups in total. The van der Waals surface area contributed by atoms with Crippen LogP contribution in [0, 0.1) is 23.6 Å². The molecule has 3 rings (SSSR count). The fourth-order valence-electron chi connectivity index (χ4n) is 3.78. The first-order valence-corrected chi connectivity index (χ1v) is 6.86. The monoisotopic (exact) mass is 263 g/mol. The van der Waals surface area contributed by atoms with Crippen molar-refractivity contribution in [3.05, 3.63) is 35.6 Å². The second-order valence-corrected chi connectivity index (χ2v) is 5.73. The summed E-state index contributed by atoms with van der Waals surface area (Å²) in [6.45, 7) is 0.609. The van der Waals surface area contributed by atoms with Crippen molar-refractivity contribution in [3.8, 4) is 0 Å². The van der Waals surface area contributed by atoms with Crippen LogP contribution in [0.5, 0.6) is 0 Å². The summed E-state index contributed by atoms with van der Waals surface area (Å²) in [6, 6.07) is 6.43. The van der Waals surface area contributed by atoms with Crippen molar-refractivity contribution >= 4 is 5.97 Å². The van der Waals surface area contributed by atoms with E-state index in [4.69, 9.17) is 0 Å². The average Bonchev–Trinajstić information content (AvgIpc) is 2.98. The second kappa shape index (κ2) is 4.93. The van der Waals surface area contributed by atoms with Crippen LogP contribution in [0.2, 0.25) is 0 Å². The maximum atomic E-state index is 12.8. The number of benzene rings is 1. The van der Waals surface area contributed by atoms with E-state index >= 15 is 0 Å². The molecule has 2 saturated carbocycles. The van der Waals surface area contributed by atoms with Crippen LogP contribution in [-0.4, -0.2) is 17.1 Å². The van der Waals surface area contributed by atoms with Crippen LogP contribution in [-0.2, 0) is 11.3 Å². The van der Waals surface area contributed by atoms with E-state index in [0.29, 0.717) is 18.4 Å². The SMILES string of the molecule is O=C(O)[C@H]1[C@@H]2CC[C@@H](C2)[C@H]1NCc1ccc(F)cc1. The van der Waals surface area contributed by atoms with Gasteiger partial charge in [0.05, 0.1) is 5.92 Å². The van der Waals surface area contributed by atoms with Crippen molar-refractivity contribution < 1.29 is 14.3 Å². The van der Waals surface area contributed by atoms with Gasteiger partial charge in [0, 0.05) is 12.6 Å². The van der Waals surface area contributed by atoms with Gasteiger partial charge in [0.1, 0.15) is 5.82 Å². The molecule has 0 heterocycles. The lowest BCUT2D eigenvalue weighted by molar-refractivity contribution is -0.144. The van der Waals surface area contributed by atoms with Gasteiger partial charge in [0.15, 0.2) is 0 Å². The smallest absolute Gasteiger partial charge is 0.308 e. The number of rotatable bonds is 4. The molecule has 2 fully saturated rings. The van der Waals surface area contributed by atoms with Crippen LogP contribution in [0.15, 0.2) is 24.3 Å². The molecule has 0 unspecified atom stereocenters. The Bertz CT molecular complexity index is 474. The summed E-state index contributed by atoms with van der Waals surface area (Å²) in [4.78, 5) is 11.4. The Morgan fingerprint density at radius 2 is 1.95 bits per heavy atom. The van der Waals surface area contributed by atoms with Crippen LogP contribution in [0.4, 0.5) is 4.39 Å². The highest BCUT2D eigenvalue weighted by Crippen LogP contribution is 2.48. The molecule has 3 nitrogen and oxygen atoms in total. The molecule has 0 spiro atoms. The number of carbonyl (C=O) groups is 1. The minimum atomic E-state index is -0.677. The molecule has 4 heteroatoms. The topological polar surface area (TPSA) is 49.3 Å². The van der Waals surface area contributed by atoms with Gasteiger partial charge in [-0.05, 0) is 48.8 Å². The highest BCUT2D eigenvalue weighted by Gasteiger charge is 2.50. The predicted molar refractivity (Wildman–Crippen MR) is 69.0 cm³/mol. The summed E-state index contributed by atoms with van der Waals surface area (Å²) < 4.78 is 12.8. The average molecular weight is 263 g/mol. The van der Waals surface area contributed by atoms with Gasteiger partial charge >= 0.3 is 5.97 Å². The van der Waals surface area contributed by atoms with E-state index < -0.39 is 5.97 Å². The number of fused-ring (bicyclic) bond motifs is 2. The molecule has 2 aliphatic carbocycles. The van der Waals surface area contributed by atoms with E-state index in [1.54, 1.807) is 12.1 Å². The Balaban J connectivity index is 1.65. The molecule has 19 heavy (non-hydrogen) atoms. The highest BCUT2D eigenvalue weighted by molar-refractivity contribution is 5.72. The standard InChI is InChI=1S/C15H18FNO2/c16-12-5-1-9(2-6-12)8-17-14-11-4-3-10(7-11)13(14)15(18)19/h1-2,5-6,10-11,13-14,17H,3-4,7-8H2,(H,18,19)/t10-,11+,13+,14-/m1/s1.